The Bertz CT molecular complexity index is 772. The molecule has 132 valence electrons. The molecule has 0 bridgehead atoms. The van der Waals surface area contributed by atoms with Gasteiger partial charge < -0.3 is 15.8 Å². The summed E-state index contributed by atoms with van der Waals surface area (Å²) in [6.07, 6.45) is 5.58. The third-order valence-electron chi connectivity index (χ3n) is 4.98. The van der Waals surface area contributed by atoms with E-state index in [1.54, 1.807) is 0 Å². The van der Waals surface area contributed by atoms with E-state index in [0.717, 1.165) is 43.1 Å². The van der Waals surface area contributed by atoms with E-state index in [0.29, 0.717) is 24.9 Å². The minimum Gasteiger partial charge on any atom is -0.381 e. The molecule has 4 rings (SSSR count). The lowest BCUT2D eigenvalue weighted by Crippen LogP contribution is -2.15. The summed E-state index contributed by atoms with van der Waals surface area (Å²) in [7, 11) is 0. The molecule has 1 saturated heterocycles. The second-order valence-corrected chi connectivity index (χ2v) is 6.81. The normalized spacial score (nSPS) is 19.6. The molecule has 0 spiro atoms. The molecule has 0 radical (unpaired) electrons. The minimum absolute atomic E-state index is 0.287. The van der Waals surface area contributed by atoms with Gasteiger partial charge in [0.25, 0.3) is 0 Å². The van der Waals surface area contributed by atoms with E-state index in [-0.39, 0.29) is 5.95 Å². The van der Waals surface area contributed by atoms with Crippen molar-refractivity contribution < 1.29 is 4.74 Å². The summed E-state index contributed by atoms with van der Waals surface area (Å²) in [5.41, 5.74) is 10.5. The maximum Gasteiger partial charge on any atom is 0.222 e. The quantitative estimate of drug-likeness (QED) is 0.880. The Morgan fingerprint density at radius 3 is 2.92 bits per heavy atom. The average Bonchev–Trinajstić information content (AvgIpc) is 3.14. The van der Waals surface area contributed by atoms with Gasteiger partial charge in [-0.3, -0.25) is 0 Å². The Labute approximate surface area is 147 Å². The first-order valence-electron chi connectivity index (χ1n) is 9.00. The summed E-state index contributed by atoms with van der Waals surface area (Å²) in [6.45, 7) is 4.09. The summed E-state index contributed by atoms with van der Waals surface area (Å²) < 4.78 is 5.44. The van der Waals surface area contributed by atoms with Gasteiger partial charge in [-0.15, -0.1) is 0 Å². The van der Waals surface area contributed by atoms with Crippen molar-refractivity contribution in [2.45, 2.75) is 51.5 Å². The van der Waals surface area contributed by atoms with Gasteiger partial charge in [-0.1, -0.05) is 0 Å². The van der Waals surface area contributed by atoms with Gasteiger partial charge in [-0.05, 0) is 44.6 Å². The van der Waals surface area contributed by atoms with E-state index >= 15 is 0 Å². The van der Waals surface area contributed by atoms with Gasteiger partial charge in [0.1, 0.15) is 11.6 Å². The van der Waals surface area contributed by atoms with Crippen molar-refractivity contribution in [1.82, 2.24) is 19.9 Å². The Morgan fingerprint density at radius 1 is 1.20 bits per heavy atom. The topological polar surface area (TPSA) is 98.8 Å². The van der Waals surface area contributed by atoms with E-state index < -0.39 is 0 Å². The fourth-order valence-electron chi connectivity index (χ4n) is 3.65. The molecule has 1 aliphatic carbocycles. The van der Waals surface area contributed by atoms with E-state index in [1.165, 1.54) is 24.1 Å². The lowest BCUT2D eigenvalue weighted by Gasteiger charge is -2.18. The molecule has 0 unspecified atom stereocenters. The van der Waals surface area contributed by atoms with Gasteiger partial charge >= 0.3 is 0 Å². The minimum atomic E-state index is 0.287. The van der Waals surface area contributed by atoms with E-state index in [4.69, 9.17) is 15.5 Å². The van der Waals surface area contributed by atoms with Gasteiger partial charge in [0.2, 0.25) is 5.95 Å². The lowest BCUT2D eigenvalue weighted by molar-refractivity contribution is 0.193. The first-order valence-corrected chi connectivity index (χ1v) is 9.00. The van der Waals surface area contributed by atoms with Crippen molar-refractivity contribution in [3.63, 3.8) is 0 Å². The molecule has 3 N–H and O–H groups in total. The van der Waals surface area contributed by atoms with Crippen LogP contribution in [0.5, 0.6) is 0 Å². The summed E-state index contributed by atoms with van der Waals surface area (Å²) in [6, 6.07) is 1.96. The summed E-state index contributed by atoms with van der Waals surface area (Å²) in [5.74, 6) is 2.11. The van der Waals surface area contributed by atoms with Crippen molar-refractivity contribution >= 4 is 11.8 Å². The number of aromatic nitrogens is 4. The van der Waals surface area contributed by atoms with Crippen molar-refractivity contribution in [3.8, 4) is 0 Å². The number of aryl methyl sites for hydroxylation is 2. The van der Waals surface area contributed by atoms with Gasteiger partial charge in [0.05, 0.1) is 18.8 Å². The van der Waals surface area contributed by atoms with E-state index in [1.807, 2.05) is 6.07 Å². The lowest BCUT2D eigenvalue weighted by atomic mass is 9.95. The molecule has 1 aliphatic heterocycles. The van der Waals surface area contributed by atoms with Crippen molar-refractivity contribution in [1.29, 1.82) is 0 Å². The third kappa shape index (κ3) is 3.56. The number of hydrogen-bond donors (Lipinski definition) is 2. The van der Waals surface area contributed by atoms with Crippen molar-refractivity contribution in [2.75, 3.05) is 24.3 Å². The molecule has 7 heteroatoms. The highest BCUT2D eigenvalue weighted by molar-refractivity contribution is 5.42. The first kappa shape index (κ1) is 16.2. The van der Waals surface area contributed by atoms with Gasteiger partial charge in [-0.2, -0.15) is 4.98 Å². The van der Waals surface area contributed by atoms with Crippen LogP contribution in [-0.2, 0) is 24.1 Å². The Morgan fingerprint density at radius 2 is 2.08 bits per heavy atom. The fourth-order valence-corrected chi connectivity index (χ4v) is 3.65. The predicted octanol–water partition coefficient (Wildman–Crippen LogP) is 2.15. The van der Waals surface area contributed by atoms with Crippen LogP contribution in [0, 0.1) is 6.92 Å². The SMILES string of the molecule is Cc1nc(CNc2cc([C@H]3CCOC3)nc(N)n2)nc2c1CCCC2. The molecule has 2 aliphatic rings. The molecule has 2 aromatic rings. The number of nitrogens with one attached hydrogen (secondary N) is 1. The molecule has 2 aromatic heterocycles. The van der Waals surface area contributed by atoms with Crippen LogP contribution in [0.2, 0.25) is 0 Å². The Balaban J connectivity index is 1.50. The molecule has 0 aromatic carbocycles. The first-order chi connectivity index (χ1) is 12.2. The number of fused-ring (bicyclic) bond motifs is 1. The van der Waals surface area contributed by atoms with Crippen LogP contribution in [0.4, 0.5) is 11.8 Å². The highest BCUT2D eigenvalue weighted by Crippen LogP contribution is 2.26. The van der Waals surface area contributed by atoms with Crippen molar-refractivity contribution in [3.05, 3.63) is 34.5 Å². The number of nitrogens with two attached hydrogens (primary N) is 1. The monoisotopic (exact) mass is 340 g/mol. The maximum atomic E-state index is 5.88. The summed E-state index contributed by atoms with van der Waals surface area (Å²) in [5, 5.41) is 3.30. The fraction of sp³-hybridized carbons (Fsp3) is 0.556. The Hall–Kier alpha value is -2.28. The van der Waals surface area contributed by atoms with E-state index in [9.17, 15) is 0 Å². The van der Waals surface area contributed by atoms with Crippen LogP contribution in [0.3, 0.4) is 0 Å². The summed E-state index contributed by atoms with van der Waals surface area (Å²) in [4.78, 5) is 18.0. The molecule has 0 saturated carbocycles. The molecule has 7 nitrogen and oxygen atoms in total. The van der Waals surface area contributed by atoms with Gasteiger partial charge in [0.15, 0.2) is 0 Å². The molecule has 3 heterocycles. The average molecular weight is 340 g/mol. The van der Waals surface area contributed by atoms with Crippen LogP contribution in [0.1, 0.15) is 53.7 Å². The van der Waals surface area contributed by atoms with Crippen LogP contribution >= 0.6 is 0 Å². The zero-order valence-electron chi connectivity index (χ0n) is 14.6. The molecule has 1 fully saturated rings. The van der Waals surface area contributed by atoms with Crippen LogP contribution in [0.15, 0.2) is 6.07 Å². The Kier molecular flexibility index (Phi) is 4.48. The summed E-state index contributed by atoms with van der Waals surface area (Å²) >= 11 is 0. The number of hydrogen-bond acceptors (Lipinski definition) is 7. The highest BCUT2D eigenvalue weighted by atomic mass is 16.5. The predicted molar refractivity (Wildman–Crippen MR) is 95.4 cm³/mol. The molecule has 1 atom stereocenters. The molecule has 25 heavy (non-hydrogen) atoms. The number of rotatable bonds is 4. The molecular formula is C18H24N6O. The number of nitrogens with zero attached hydrogens (tertiary/aromatic N) is 4. The van der Waals surface area contributed by atoms with Gasteiger partial charge in [-0.25, -0.2) is 15.0 Å². The standard InChI is InChI=1S/C18H24N6O/c1-11-13-4-2-3-5-14(13)22-17(21-11)9-20-16-8-15(23-18(19)24-16)12-6-7-25-10-12/h8,12H,2-7,9-10H2,1H3,(H3,19,20,23,24)/t12-/m0/s1. The third-order valence-corrected chi connectivity index (χ3v) is 4.98. The second-order valence-electron chi connectivity index (χ2n) is 6.81. The van der Waals surface area contributed by atoms with Crippen molar-refractivity contribution in [2.24, 2.45) is 0 Å². The molecular weight excluding hydrogens is 316 g/mol. The van der Waals surface area contributed by atoms with Gasteiger partial charge in [0, 0.05) is 30.0 Å². The highest BCUT2D eigenvalue weighted by Gasteiger charge is 2.20. The largest absolute Gasteiger partial charge is 0.381 e. The number of anilines is 2. The van der Waals surface area contributed by atoms with Crippen LogP contribution < -0.4 is 11.1 Å². The smallest absolute Gasteiger partial charge is 0.222 e. The molecule has 0 amide bonds. The van der Waals surface area contributed by atoms with E-state index in [2.05, 4.69) is 27.2 Å². The number of ether oxygens (including phenoxy) is 1. The van der Waals surface area contributed by atoms with Crippen LogP contribution in [-0.4, -0.2) is 33.1 Å². The zero-order chi connectivity index (χ0) is 17.2. The zero-order valence-corrected chi connectivity index (χ0v) is 14.6. The second kappa shape index (κ2) is 6.92. The number of nitrogen functional groups attached to an aromatic ring is 1. The van der Waals surface area contributed by atoms with Crippen LogP contribution in [0.25, 0.3) is 0 Å². The maximum absolute atomic E-state index is 5.88.